The summed E-state index contributed by atoms with van der Waals surface area (Å²) >= 11 is 0. The Morgan fingerprint density at radius 2 is 2.35 bits per heavy atom. The third-order valence-corrected chi connectivity index (χ3v) is 3.60. The molecule has 1 aromatic rings. The molecule has 0 amide bonds. The summed E-state index contributed by atoms with van der Waals surface area (Å²) in [4.78, 5) is 4.25. The van der Waals surface area contributed by atoms with Crippen LogP contribution in [0.15, 0.2) is 18.5 Å². The smallest absolute Gasteiger partial charge is 0.137 e. The average Bonchev–Trinajstić information content (AvgIpc) is 2.68. The summed E-state index contributed by atoms with van der Waals surface area (Å²) in [5.74, 6) is 0.840. The molecular weight excluding hydrogens is 214 g/mol. The van der Waals surface area contributed by atoms with Gasteiger partial charge in [0.1, 0.15) is 5.75 Å². The zero-order valence-corrected chi connectivity index (χ0v) is 10.6. The van der Waals surface area contributed by atoms with Crippen molar-refractivity contribution in [3.63, 3.8) is 0 Å². The Morgan fingerprint density at radius 3 is 3.00 bits per heavy atom. The Balaban J connectivity index is 2.15. The van der Waals surface area contributed by atoms with Crippen LogP contribution in [0.4, 0.5) is 0 Å². The van der Waals surface area contributed by atoms with E-state index in [1.165, 1.54) is 5.56 Å². The van der Waals surface area contributed by atoms with Crippen LogP contribution < -0.4 is 4.74 Å². The van der Waals surface area contributed by atoms with Crippen LogP contribution in [-0.2, 0) is 5.41 Å². The van der Waals surface area contributed by atoms with E-state index in [2.05, 4.69) is 24.9 Å². The molecule has 1 saturated carbocycles. The highest BCUT2D eigenvalue weighted by atomic mass is 16.5. The second-order valence-corrected chi connectivity index (χ2v) is 5.22. The van der Waals surface area contributed by atoms with Gasteiger partial charge in [-0.3, -0.25) is 4.98 Å². The summed E-state index contributed by atoms with van der Waals surface area (Å²) in [5, 5.41) is 9.69. The van der Waals surface area contributed by atoms with Gasteiger partial charge < -0.3 is 9.84 Å². The molecule has 1 aliphatic rings. The van der Waals surface area contributed by atoms with E-state index in [1.807, 2.05) is 6.20 Å². The fraction of sp³-hybridized carbons (Fsp3) is 0.643. The van der Waals surface area contributed by atoms with E-state index in [-0.39, 0.29) is 11.5 Å². The molecule has 3 nitrogen and oxygen atoms in total. The molecule has 3 heteroatoms. The van der Waals surface area contributed by atoms with E-state index in [1.54, 1.807) is 6.20 Å². The molecule has 0 radical (unpaired) electrons. The van der Waals surface area contributed by atoms with Crippen LogP contribution >= 0.6 is 0 Å². The van der Waals surface area contributed by atoms with E-state index >= 15 is 0 Å². The second kappa shape index (κ2) is 5.05. The van der Waals surface area contributed by atoms with Crippen LogP contribution in [0.3, 0.4) is 0 Å². The van der Waals surface area contributed by atoms with Crippen molar-refractivity contribution in [3.05, 3.63) is 24.0 Å². The Bertz CT molecular complexity index is 380. The van der Waals surface area contributed by atoms with Gasteiger partial charge in [0.05, 0.1) is 18.9 Å². The molecule has 1 aromatic heterocycles. The maximum Gasteiger partial charge on any atom is 0.137 e. The van der Waals surface area contributed by atoms with Gasteiger partial charge in [-0.2, -0.15) is 0 Å². The lowest BCUT2D eigenvalue weighted by Gasteiger charge is -2.24. The molecular formula is C14H21NO2. The van der Waals surface area contributed by atoms with Crippen LogP contribution in [-0.4, -0.2) is 22.8 Å². The quantitative estimate of drug-likeness (QED) is 0.872. The molecule has 17 heavy (non-hydrogen) atoms. The Kier molecular flexibility index (Phi) is 3.67. The van der Waals surface area contributed by atoms with Crippen molar-refractivity contribution in [1.82, 2.24) is 4.98 Å². The lowest BCUT2D eigenvalue weighted by Crippen LogP contribution is -2.19. The van der Waals surface area contributed by atoms with Crippen LogP contribution in [0.5, 0.6) is 5.75 Å². The molecule has 94 valence electrons. The summed E-state index contributed by atoms with van der Waals surface area (Å²) in [6, 6.07) is 2.07. The molecule has 1 aliphatic carbocycles. The van der Waals surface area contributed by atoms with Crippen molar-refractivity contribution < 1.29 is 9.84 Å². The van der Waals surface area contributed by atoms with Crippen molar-refractivity contribution in [2.45, 2.75) is 51.0 Å². The topological polar surface area (TPSA) is 42.4 Å². The first-order valence-corrected chi connectivity index (χ1v) is 6.40. The Morgan fingerprint density at radius 1 is 1.53 bits per heavy atom. The standard InChI is InChI=1S/C14H21NO2/c1-3-6-17-13-7-11(9-15-10-13)14(2)5-4-12(16)8-14/h7,9-10,12,16H,3-6,8H2,1-2H3. The minimum atomic E-state index is -0.166. The maximum absolute atomic E-state index is 9.69. The second-order valence-electron chi connectivity index (χ2n) is 5.22. The van der Waals surface area contributed by atoms with E-state index in [9.17, 15) is 5.11 Å². The van der Waals surface area contributed by atoms with Gasteiger partial charge >= 0.3 is 0 Å². The number of aliphatic hydroxyl groups is 1. The number of hydrogen-bond donors (Lipinski definition) is 1. The van der Waals surface area contributed by atoms with Gasteiger partial charge in [-0.05, 0) is 42.7 Å². The van der Waals surface area contributed by atoms with Crippen molar-refractivity contribution in [2.24, 2.45) is 0 Å². The number of rotatable bonds is 4. The number of nitrogens with zero attached hydrogens (tertiary/aromatic N) is 1. The first-order valence-electron chi connectivity index (χ1n) is 6.40. The van der Waals surface area contributed by atoms with Gasteiger partial charge in [-0.1, -0.05) is 13.8 Å². The van der Waals surface area contributed by atoms with Gasteiger partial charge in [0.25, 0.3) is 0 Å². The minimum Gasteiger partial charge on any atom is -0.492 e. The van der Waals surface area contributed by atoms with Crippen LogP contribution in [0.25, 0.3) is 0 Å². The predicted octanol–water partition coefficient (Wildman–Crippen LogP) is 2.67. The third-order valence-electron chi connectivity index (χ3n) is 3.60. The van der Waals surface area contributed by atoms with Crippen molar-refractivity contribution in [3.8, 4) is 5.75 Å². The van der Waals surface area contributed by atoms with Gasteiger partial charge in [0, 0.05) is 6.20 Å². The first kappa shape index (κ1) is 12.4. The zero-order chi connectivity index (χ0) is 12.3. The molecule has 1 fully saturated rings. The summed E-state index contributed by atoms with van der Waals surface area (Å²) in [6.45, 7) is 5.01. The summed E-state index contributed by atoms with van der Waals surface area (Å²) < 4.78 is 5.60. The molecule has 2 unspecified atom stereocenters. The fourth-order valence-electron chi connectivity index (χ4n) is 2.52. The third kappa shape index (κ3) is 2.78. The molecule has 0 saturated heterocycles. The first-order chi connectivity index (χ1) is 8.14. The Labute approximate surface area is 103 Å². The molecule has 1 heterocycles. The molecule has 1 N–H and O–H groups in total. The fourth-order valence-corrected chi connectivity index (χ4v) is 2.52. The highest BCUT2D eigenvalue weighted by molar-refractivity contribution is 5.30. The van der Waals surface area contributed by atoms with E-state index < -0.39 is 0 Å². The number of aromatic nitrogens is 1. The zero-order valence-electron chi connectivity index (χ0n) is 10.6. The number of pyridine rings is 1. The lowest BCUT2D eigenvalue weighted by atomic mass is 9.82. The monoisotopic (exact) mass is 235 g/mol. The number of ether oxygens (including phenoxy) is 1. The van der Waals surface area contributed by atoms with E-state index in [0.29, 0.717) is 0 Å². The number of aliphatic hydroxyl groups excluding tert-OH is 1. The summed E-state index contributed by atoms with van der Waals surface area (Å²) in [6.07, 6.45) is 7.22. The highest BCUT2D eigenvalue weighted by Crippen LogP contribution is 2.41. The van der Waals surface area contributed by atoms with Crippen LogP contribution in [0.2, 0.25) is 0 Å². The SMILES string of the molecule is CCCOc1cncc(C2(C)CCC(O)C2)c1. The molecule has 2 atom stereocenters. The van der Waals surface area contributed by atoms with E-state index in [4.69, 9.17) is 4.74 Å². The normalized spacial score (nSPS) is 28.3. The Hall–Kier alpha value is -1.09. The van der Waals surface area contributed by atoms with Crippen LogP contribution in [0.1, 0.15) is 45.1 Å². The minimum absolute atomic E-state index is 0.0536. The average molecular weight is 235 g/mol. The molecule has 0 aliphatic heterocycles. The molecule has 0 aromatic carbocycles. The summed E-state index contributed by atoms with van der Waals surface area (Å²) in [7, 11) is 0. The van der Waals surface area contributed by atoms with Crippen molar-refractivity contribution in [2.75, 3.05) is 6.61 Å². The summed E-state index contributed by atoms with van der Waals surface area (Å²) in [5.41, 5.74) is 1.24. The van der Waals surface area contributed by atoms with Crippen molar-refractivity contribution in [1.29, 1.82) is 0 Å². The largest absolute Gasteiger partial charge is 0.492 e. The lowest BCUT2D eigenvalue weighted by molar-refractivity contribution is 0.175. The van der Waals surface area contributed by atoms with Gasteiger partial charge in [0.2, 0.25) is 0 Å². The van der Waals surface area contributed by atoms with E-state index in [0.717, 1.165) is 38.0 Å². The molecule has 2 rings (SSSR count). The van der Waals surface area contributed by atoms with Gasteiger partial charge in [-0.25, -0.2) is 0 Å². The maximum atomic E-state index is 9.69. The molecule has 0 spiro atoms. The van der Waals surface area contributed by atoms with Gasteiger partial charge in [-0.15, -0.1) is 0 Å². The predicted molar refractivity (Wildman–Crippen MR) is 67.2 cm³/mol. The van der Waals surface area contributed by atoms with Gasteiger partial charge in [0.15, 0.2) is 0 Å². The molecule has 0 bridgehead atoms. The van der Waals surface area contributed by atoms with Crippen molar-refractivity contribution >= 4 is 0 Å². The number of hydrogen-bond acceptors (Lipinski definition) is 3. The van der Waals surface area contributed by atoms with Crippen LogP contribution in [0, 0.1) is 0 Å². The highest BCUT2D eigenvalue weighted by Gasteiger charge is 2.36.